The van der Waals surface area contributed by atoms with Gasteiger partial charge in [0.2, 0.25) is 0 Å². The van der Waals surface area contributed by atoms with Crippen LogP contribution in [0, 0.1) is 13.8 Å². The SMILES string of the molecule is CCOC(=O)c1ccc(N2C(=O)NC(=O)/C(=C\c3cc(Br)ccc3Cc3cc(C)cc(C)c3)C2=O)cc1. The van der Waals surface area contributed by atoms with Gasteiger partial charge >= 0.3 is 12.0 Å². The highest BCUT2D eigenvalue weighted by Crippen LogP contribution is 2.26. The zero-order chi connectivity index (χ0) is 26.7. The number of imide groups is 2. The van der Waals surface area contributed by atoms with Crippen molar-refractivity contribution in [2.75, 3.05) is 11.5 Å². The fourth-order valence-electron chi connectivity index (χ4n) is 4.26. The highest BCUT2D eigenvalue weighted by Gasteiger charge is 2.37. The molecule has 4 rings (SSSR count). The maximum atomic E-state index is 13.4. The van der Waals surface area contributed by atoms with Gasteiger partial charge in [-0.05, 0) is 86.4 Å². The summed E-state index contributed by atoms with van der Waals surface area (Å²) in [7, 11) is 0. The van der Waals surface area contributed by atoms with Crippen molar-refractivity contribution in [3.05, 3.63) is 104 Å². The predicted molar refractivity (Wildman–Crippen MR) is 144 cm³/mol. The summed E-state index contributed by atoms with van der Waals surface area (Å²) >= 11 is 3.47. The lowest BCUT2D eigenvalue weighted by Gasteiger charge is -2.26. The molecule has 1 N–H and O–H groups in total. The van der Waals surface area contributed by atoms with Crippen molar-refractivity contribution < 1.29 is 23.9 Å². The molecule has 1 fully saturated rings. The predicted octanol–water partition coefficient (Wildman–Crippen LogP) is 5.50. The molecule has 1 aliphatic rings. The molecule has 0 atom stereocenters. The van der Waals surface area contributed by atoms with Crippen molar-refractivity contribution >= 4 is 51.5 Å². The molecule has 37 heavy (non-hydrogen) atoms. The Morgan fingerprint density at radius 2 is 1.65 bits per heavy atom. The maximum absolute atomic E-state index is 13.4. The highest BCUT2D eigenvalue weighted by molar-refractivity contribution is 9.10. The van der Waals surface area contributed by atoms with Crippen molar-refractivity contribution in [2.45, 2.75) is 27.2 Å². The van der Waals surface area contributed by atoms with Crippen LogP contribution in [0.2, 0.25) is 0 Å². The number of barbiturate groups is 1. The molecule has 8 heteroatoms. The van der Waals surface area contributed by atoms with Crippen molar-refractivity contribution in [3.63, 3.8) is 0 Å². The summed E-state index contributed by atoms with van der Waals surface area (Å²) in [5.41, 5.74) is 5.34. The normalized spacial score (nSPS) is 14.6. The van der Waals surface area contributed by atoms with E-state index in [1.165, 1.54) is 30.3 Å². The van der Waals surface area contributed by atoms with E-state index in [1.807, 2.05) is 32.0 Å². The topological polar surface area (TPSA) is 92.8 Å². The average Bonchev–Trinajstić information content (AvgIpc) is 2.83. The summed E-state index contributed by atoms with van der Waals surface area (Å²) in [4.78, 5) is 51.6. The van der Waals surface area contributed by atoms with Crippen LogP contribution in [0.1, 0.15) is 45.1 Å². The van der Waals surface area contributed by atoms with E-state index < -0.39 is 23.8 Å². The minimum Gasteiger partial charge on any atom is -0.462 e. The van der Waals surface area contributed by atoms with Gasteiger partial charge in [0.15, 0.2) is 0 Å². The summed E-state index contributed by atoms with van der Waals surface area (Å²) in [6, 6.07) is 17.0. The van der Waals surface area contributed by atoms with Gasteiger partial charge in [0.25, 0.3) is 11.8 Å². The maximum Gasteiger partial charge on any atom is 0.338 e. The lowest BCUT2D eigenvalue weighted by atomic mass is 9.95. The third kappa shape index (κ3) is 5.86. The van der Waals surface area contributed by atoms with Crippen LogP contribution in [-0.2, 0) is 20.7 Å². The molecular formula is C29H25BrN2O5. The molecule has 3 aromatic carbocycles. The Kier molecular flexibility index (Phi) is 7.69. The van der Waals surface area contributed by atoms with E-state index in [4.69, 9.17) is 4.74 Å². The Bertz CT molecular complexity index is 1420. The Labute approximate surface area is 223 Å². The summed E-state index contributed by atoms with van der Waals surface area (Å²) < 4.78 is 5.76. The molecule has 0 radical (unpaired) electrons. The second kappa shape index (κ2) is 10.9. The smallest absolute Gasteiger partial charge is 0.338 e. The molecule has 0 aromatic heterocycles. The molecule has 0 aliphatic carbocycles. The number of rotatable bonds is 6. The highest BCUT2D eigenvalue weighted by atomic mass is 79.9. The Morgan fingerprint density at radius 3 is 2.30 bits per heavy atom. The number of amides is 4. The van der Waals surface area contributed by atoms with Crippen LogP contribution in [0.15, 0.2) is 70.7 Å². The van der Waals surface area contributed by atoms with E-state index in [0.717, 1.165) is 31.6 Å². The van der Waals surface area contributed by atoms with Gasteiger partial charge in [0, 0.05) is 4.47 Å². The number of carbonyl (C=O) groups is 4. The van der Waals surface area contributed by atoms with E-state index >= 15 is 0 Å². The van der Waals surface area contributed by atoms with Crippen LogP contribution in [0.4, 0.5) is 10.5 Å². The van der Waals surface area contributed by atoms with Gasteiger partial charge < -0.3 is 4.74 Å². The number of nitrogens with zero attached hydrogens (tertiary/aromatic N) is 1. The van der Waals surface area contributed by atoms with Crippen molar-refractivity contribution in [1.82, 2.24) is 5.32 Å². The van der Waals surface area contributed by atoms with E-state index in [9.17, 15) is 19.2 Å². The van der Waals surface area contributed by atoms with Gasteiger partial charge in [-0.15, -0.1) is 0 Å². The monoisotopic (exact) mass is 560 g/mol. The first-order valence-corrected chi connectivity index (χ1v) is 12.5. The number of carbonyl (C=O) groups excluding carboxylic acids is 4. The summed E-state index contributed by atoms with van der Waals surface area (Å²) in [5, 5.41) is 2.24. The molecule has 0 unspecified atom stereocenters. The molecule has 1 aliphatic heterocycles. The third-order valence-electron chi connectivity index (χ3n) is 5.82. The summed E-state index contributed by atoms with van der Waals surface area (Å²) in [6.45, 7) is 6.01. The molecule has 188 valence electrons. The largest absolute Gasteiger partial charge is 0.462 e. The second-order valence-electron chi connectivity index (χ2n) is 8.74. The van der Waals surface area contributed by atoms with Crippen LogP contribution in [-0.4, -0.2) is 30.4 Å². The lowest BCUT2D eigenvalue weighted by molar-refractivity contribution is -0.122. The van der Waals surface area contributed by atoms with Gasteiger partial charge in [0.05, 0.1) is 17.9 Å². The molecular weight excluding hydrogens is 536 g/mol. The molecule has 4 amide bonds. The number of nitrogens with one attached hydrogen (secondary N) is 1. The molecule has 3 aromatic rings. The molecule has 0 spiro atoms. The minimum absolute atomic E-state index is 0.172. The molecule has 7 nitrogen and oxygen atoms in total. The summed E-state index contributed by atoms with van der Waals surface area (Å²) in [5.74, 6) is -2.04. The van der Waals surface area contributed by atoms with Gasteiger partial charge in [0.1, 0.15) is 5.57 Å². The number of urea groups is 1. The Morgan fingerprint density at radius 1 is 0.973 bits per heavy atom. The number of hydrogen-bond acceptors (Lipinski definition) is 5. The zero-order valence-corrected chi connectivity index (χ0v) is 22.2. The number of esters is 1. The lowest BCUT2D eigenvalue weighted by Crippen LogP contribution is -2.54. The number of anilines is 1. The second-order valence-corrected chi connectivity index (χ2v) is 9.66. The van der Waals surface area contributed by atoms with Crippen molar-refractivity contribution in [2.24, 2.45) is 0 Å². The van der Waals surface area contributed by atoms with Gasteiger partial charge in [-0.2, -0.15) is 0 Å². The zero-order valence-electron chi connectivity index (χ0n) is 20.6. The fraction of sp³-hybridized carbons (Fsp3) is 0.172. The van der Waals surface area contributed by atoms with Gasteiger partial charge in [-0.25, -0.2) is 14.5 Å². The molecule has 0 saturated carbocycles. The Balaban J connectivity index is 1.69. The number of hydrogen-bond donors (Lipinski definition) is 1. The summed E-state index contributed by atoms with van der Waals surface area (Å²) in [6.07, 6.45) is 2.11. The van der Waals surface area contributed by atoms with E-state index in [0.29, 0.717) is 12.0 Å². The van der Waals surface area contributed by atoms with Crippen LogP contribution in [0.5, 0.6) is 0 Å². The third-order valence-corrected chi connectivity index (χ3v) is 6.32. The molecule has 1 heterocycles. The minimum atomic E-state index is -0.860. The van der Waals surface area contributed by atoms with Crippen molar-refractivity contribution in [3.8, 4) is 0 Å². The van der Waals surface area contributed by atoms with Gasteiger partial charge in [-0.1, -0.05) is 51.3 Å². The first kappa shape index (κ1) is 26.0. The standard InChI is InChI=1S/C29H25BrN2O5/c1-4-37-28(35)20-6-9-24(10-7-20)32-27(34)25(26(33)31-29(32)36)16-22-15-23(30)8-5-21(22)14-19-12-17(2)11-18(3)13-19/h5-13,15-16H,4,14H2,1-3H3,(H,31,33,36)/b25-16+. The molecule has 0 bridgehead atoms. The van der Waals surface area contributed by atoms with E-state index in [2.05, 4.69) is 39.4 Å². The van der Waals surface area contributed by atoms with Crippen LogP contribution < -0.4 is 10.2 Å². The molecule has 1 saturated heterocycles. The van der Waals surface area contributed by atoms with Gasteiger partial charge in [-0.3, -0.25) is 14.9 Å². The van der Waals surface area contributed by atoms with Crippen LogP contribution >= 0.6 is 15.9 Å². The number of halogens is 1. The number of benzene rings is 3. The Hall–Kier alpha value is -4.04. The first-order chi connectivity index (χ1) is 17.7. The van der Waals surface area contributed by atoms with Crippen molar-refractivity contribution in [1.29, 1.82) is 0 Å². The fourth-order valence-corrected chi connectivity index (χ4v) is 4.64. The number of ether oxygens (including phenoxy) is 1. The number of aryl methyl sites for hydroxylation is 2. The quantitative estimate of drug-likeness (QED) is 0.244. The van der Waals surface area contributed by atoms with E-state index in [1.54, 1.807) is 6.92 Å². The average molecular weight is 561 g/mol. The van der Waals surface area contributed by atoms with Crippen LogP contribution in [0.3, 0.4) is 0 Å². The van der Waals surface area contributed by atoms with Crippen LogP contribution in [0.25, 0.3) is 6.08 Å². The first-order valence-electron chi connectivity index (χ1n) is 11.7. The van der Waals surface area contributed by atoms with E-state index in [-0.39, 0.29) is 23.4 Å².